The Balaban J connectivity index is 2.47. The normalized spacial score (nSPS) is 10.4. The van der Waals surface area contributed by atoms with E-state index in [0.717, 1.165) is 4.47 Å². The predicted molar refractivity (Wildman–Crippen MR) is 67.0 cm³/mol. The van der Waals surface area contributed by atoms with Gasteiger partial charge in [0.15, 0.2) is 11.0 Å². The third-order valence-electron chi connectivity index (χ3n) is 1.77. The second-order valence-corrected chi connectivity index (χ2v) is 4.55. The van der Waals surface area contributed by atoms with Gasteiger partial charge in [0.25, 0.3) is 0 Å². The molecule has 2 rings (SSSR count). The number of rotatable bonds is 2. The first-order valence-corrected chi connectivity index (χ1v) is 6.38. The predicted octanol–water partition coefficient (Wildman–Crippen LogP) is 2.00. The number of hydrogen-bond donors (Lipinski definition) is 1. The molecule has 0 fully saturated rings. The van der Waals surface area contributed by atoms with E-state index < -0.39 is 0 Å². The zero-order valence-electron chi connectivity index (χ0n) is 8.38. The highest BCUT2D eigenvalue weighted by molar-refractivity contribution is 9.10. The van der Waals surface area contributed by atoms with Crippen molar-refractivity contribution in [2.24, 2.45) is 0 Å². The van der Waals surface area contributed by atoms with Crippen molar-refractivity contribution in [1.82, 2.24) is 19.9 Å². The Morgan fingerprint density at radius 1 is 1.25 bits per heavy atom. The van der Waals surface area contributed by atoms with Crippen LogP contribution in [0.3, 0.4) is 0 Å². The maximum absolute atomic E-state index is 5.59. The highest BCUT2D eigenvalue weighted by Crippen LogP contribution is 2.18. The van der Waals surface area contributed by atoms with Gasteiger partial charge in [0, 0.05) is 10.7 Å². The van der Waals surface area contributed by atoms with Gasteiger partial charge in [-0.1, -0.05) is 11.8 Å². The van der Waals surface area contributed by atoms with Crippen LogP contribution >= 0.6 is 27.7 Å². The lowest BCUT2D eigenvalue weighted by molar-refractivity contribution is 0.921. The molecule has 0 spiro atoms. The van der Waals surface area contributed by atoms with E-state index in [4.69, 9.17) is 5.73 Å². The second-order valence-electron chi connectivity index (χ2n) is 2.87. The van der Waals surface area contributed by atoms with Crippen molar-refractivity contribution in [2.45, 2.75) is 5.16 Å². The van der Waals surface area contributed by atoms with Crippen LogP contribution in [0.5, 0.6) is 0 Å². The standard InChI is InChI=1S/C9H8BrN5S/c1-16-9-14-7(13-8(11)15-9)6-3-2-5(10)4-12-6/h2-4H,1H3,(H2,11,13,14,15). The highest BCUT2D eigenvalue weighted by Gasteiger charge is 2.07. The Morgan fingerprint density at radius 2 is 2.06 bits per heavy atom. The molecule has 0 bridgehead atoms. The van der Waals surface area contributed by atoms with E-state index in [1.165, 1.54) is 11.8 Å². The van der Waals surface area contributed by atoms with Crippen LogP contribution in [0, 0.1) is 0 Å². The number of pyridine rings is 1. The molecule has 0 atom stereocenters. The summed E-state index contributed by atoms with van der Waals surface area (Å²) in [4.78, 5) is 16.5. The monoisotopic (exact) mass is 297 g/mol. The molecule has 0 saturated heterocycles. The molecule has 0 aromatic carbocycles. The molecule has 16 heavy (non-hydrogen) atoms. The summed E-state index contributed by atoms with van der Waals surface area (Å²) in [5.41, 5.74) is 6.26. The van der Waals surface area contributed by atoms with E-state index in [0.29, 0.717) is 16.7 Å². The van der Waals surface area contributed by atoms with Gasteiger partial charge in [-0.2, -0.15) is 9.97 Å². The number of nitrogen functional groups attached to an aromatic ring is 1. The lowest BCUT2D eigenvalue weighted by Gasteiger charge is -2.02. The smallest absolute Gasteiger partial charge is 0.224 e. The van der Waals surface area contributed by atoms with Crippen molar-refractivity contribution in [1.29, 1.82) is 0 Å². The van der Waals surface area contributed by atoms with Gasteiger partial charge in [0.1, 0.15) is 5.69 Å². The van der Waals surface area contributed by atoms with E-state index >= 15 is 0 Å². The van der Waals surface area contributed by atoms with Crippen LogP contribution in [0.2, 0.25) is 0 Å². The summed E-state index contributed by atoms with van der Waals surface area (Å²) in [6, 6.07) is 3.70. The molecule has 0 aliphatic heterocycles. The van der Waals surface area contributed by atoms with Crippen LogP contribution in [0.1, 0.15) is 0 Å². The van der Waals surface area contributed by atoms with Crippen LogP contribution in [-0.2, 0) is 0 Å². The van der Waals surface area contributed by atoms with Gasteiger partial charge in [-0.3, -0.25) is 4.98 Å². The molecular formula is C9H8BrN5S. The zero-order valence-corrected chi connectivity index (χ0v) is 10.8. The minimum atomic E-state index is 0.207. The second kappa shape index (κ2) is 4.75. The largest absolute Gasteiger partial charge is 0.368 e. The molecule has 2 heterocycles. The maximum Gasteiger partial charge on any atom is 0.224 e. The minimum Gasteiger partial charge on any atom is -0.368 e. The number of nitrogens with two attached hydrogens (primary N) is 1. The molecule has 0 aliphatic carbocycles. The Hall–Kier alpha value is -1.21. The van der Waals surface area contributed by atoms with Crippen molar-refractivity contribution < 1.29 is 0 Å². The highest BCUT2D eigenvalue weighted by atomic mass is 79.9. The molecule has 2 aromatic heterocycles. The van der Waals surface area contributed by atoms with Crippen molar-refractivity contribution in [2.75, 3.05) is 12.0 Å². The first-order valence-electron chi connectivity index (χ1n) is 4.36. The molecule has 2 N–H and O–H groups in total. The molecule has 0 aliphatic rings. The van der Waals surface area contributed by atoms with Crippen LogP contribution in [-0.4, -0.2) is 26.2 Å². The van der Waals surface area contributed by atoms with Gasteiger partial charge in [-0.25, -0.2) is 4.98 Å². The van der Waals surface area contributed by atoms with E-state index in [-0.39, 0.29) is 5.95 Å². The quantitative estimate of drug-likeness (QED) is 0.854. The van der Waals surface area contributed by atoms with Crippen molar-refractivity contribution in [3.63, 3.8) is 0 Å². The van der Waals surface area contributed by atoms with Crippen LogP contribution in [0.25, 0.3) is 11.5 Å². The summed E-state index contributed by atoms with van der Waals surface area (Å²) in [5, 5.41) is 0.590. The SMILES string of the molecule is CSc1nc(N)nc(-c2ccc(Br)cn2)n1. The molecule has 5 nitrogen and oxygen atoms in total. The molecular weight excluding hydrogens is 290 g/mol. The molecule has 0 amide bonds. The molecule has 82 valence electrons. The summed E-state index contributed by atoms with van der Waals surface area (Å²) >= 11 is 4.73. The summed E-state index contributed by atoms with van der Waals surface area (Å²) in [6.45, 7) is 0. The van der Waals surface area contributed by atoms with Gasteiger partial charge in [0.2, 0.25) is 5.95 Å². The van der Waals surface area contributed by atoms with E-state index in [2.05, 4.69) is 35.9 Å². The van der Waals surface area contributed by atoms with Crippen LogP contribution < -0.4 is 5.73 Å². The number of anilines is 1. The van der Waals surface area contributed by atoms with Gasteiger partial charge in [0.05, 0.1) is 0 Å². The van der Waals surface area contributed by atoms with E-state index in [9.17, 15) is 0 Å². The molecule has 0 unspecified atom stereocenters. The van der Waals surface area contributed by atoms with Crippen LogP contribution in [0.4, 0.5) is 5.95 Å². The average molecular weight is 298 g/mol. The van der Waals surface area contributed by atoms with Crippen LogP contribution in [0.15, 0.2) is 28.0 Å². The fourth-order valence-electron chi connectivity index (χ4n) is 1.09. The fourth-order valence-corrected chi connectivity index (χ4v) is 1.68. The van der Waals surface area contributed by atoms with Gasteiger partial charge in [-0.05, 0) is 34.3 Å². The van der Waals surface area contributed by atoms with E-state index in [1.807, 2.05) is 18.4 Å². The molecule has 7 heteroatoms. The molecule has 2 aromatic rings. The number of aromatic nitrogens is 4. The maximum atomic E-state index is 5.59. The molecule has 0 saturated carbocycles. The lowest BCUT2D eigenvalue weighted by Crippen LogP contribution is -2.02. The number of hydrogen-bond acceptors (Lipinski definition) is 6. The van der Waals surface area contributed by atoms with Crippen molar-refractivity contribution >= 4 is 33.6 Å². The fraction of sp³-hybridized carbons (Fsp3) is 0.111. The Morgan fingerprint density at radius 3 is 2.69 bits per heavy atom. The Labute approximate surface area is 105 Å². The summed E-state index contributed by atoms with van der Waals surface area (Å²) in [6.07, 6.45) is 3.57. The van der Waals surface area contributed by atoms with Gasteiger partial charge >= 0.3 is 0 Å². The lowest BCUT2D eigenvalue weighted by atomic mass is 10.3. The summed E-state index contributed by atoms with van der Waals surface area (Å²) < 4.78 is 0.906. The van der Waals surface area contributed by atoms with Crippen molar-refractivity contribution in [3.05, 3.63) is 22.8 Å². The van der Waals surface area contributed by atoms with Gasteiger partial charge in [-0.15, -0.1) is 0 Å². The van der Waals surface area contributed by atoms with Gasteiger partial charge < -0.3 is 5.73 Å². The summed E-state index contributed by atoms with van der Waals surface area (Å²) in [7, 11) is 0. The Bertz CT molecular complexity index is 502. The average Bonchev–Trinajstić information content (AvgIpc) is 2.29. The van der Waals surface area contributed by atoms with Crippen molar-refractivity contribution in [3.8, 4) is 11.5 Å². The Kier molecular flexibility index (Phi) is 3.35. The first kappa shape index (κ1) is 11.3. The first-order chi connectivity index (χ1) is 7.69. The third-order valence-corrected chi connectivity index (χ3v) is 2.79. The number of halogens is 1. The molecule has 0 radical (unpaired) electrons. The third kappa shape index (κ3) is 2.48. The number of nitrogens with zero attached hydrogens (tertiary/aromatic N) is 4. The topological polar surface area (TPSA) is 77.6 Å². The summed E-state index contributed by atoms with van der Waals surface area (Å²) in [5.74, 6) is 0.698. The minimum absolute atomic E-state index is 0.207. The number of thioether (sulfide) groups is 1. The zero-order chi connectivity index (χ0) is 11.5. The van der Waals surface area contributed by atoms with E-state index in [1.54, 1.807) is 6.20 Å².